The molecule has 1 heterocycles. The second-order valence-electron chi connectivity index (χ2n) is 15.2. The Morgan fingerprint density at radius 2 is 1.70 bits per heavy atom. The molecule has 1 saturated heterocycles. The maximum absolute atomic E-state index is 13.0. The van der Waals surface area contributed by atoms with Crippen LogP contribution in [0.3, 0.4) is 0 Å². The number of rotatable bonds is 8. The number of ether oxygens (including phenoxy) is 1. The summed E-state index contributed by atoms with van der Waals surface area (Å²) in [6.45, 7) is 12.0. The van der Waals surface area contributed by atoms with E-state index in [-0.39, 0.29) is 36.2 Å². The van der Waals surface area contributed by atoms with Gasteiger partial charge >= 0.3 is 18.2 Å². The second kappa shape index (κ2) is 11.2. The highest BCUT2D eigenvalue weighted by atomic mass is 32.3. The highest BCUT2D eigenvalue weighted by molar-refractivity contribution is 7.80. The van der Waals surface area contributed by atoms with Crippen molar-refractivity contribution in [2.45, 2.75) is 110 Å². The Labute approximate surface area is 255 Å². The van der Waals surface area contributed by atoms with Gasteiger partial charge < -0.3 is 24.9 Å². The first-order chi connectivity index (χ1) is 19.7. The quantitative estimate of drug-likeness (QED) is 0.190. The number of hydrogen-bond acceptors (Lipinski definition) is 10. The van der Waals surface area contributed by atoms with Gasteiger partial charge in [0, 0.05) is 13.0 Å². The lowest BCUT2D eigenvalue weighted by Crippen LogP contribution is -2.66. The van der Waals surface area contributed by atoms with Crippen molar-refractivity contribution >= 4 is 18.2 Å². The van der Waals surface area contributed by atoms with Crippen LogP contribution in [-0.2, 0) is 32.9 Å². The first-order valence-corrected chi connectivity index (χ1v) is 18.5. The van der Waals surface area contributed by atoms with Crippen molar-refractivity contribution in [3.05, 3.63) is 0 Å². The SMILES string of the molecule is COP(=O)(O)O[C@@H]1[C@H]2OC([C@@H](C)C(C)C)C[C@@H](C)[C@@H]2[C@@]2(C)CC[C@H]3[C@@H]([C@@H](O)[C@@H](O)[C@H]4[C@](O)(COS(=O)(=O)O)CC[C@]34C)[C@H]12. The van der Waals surface area contributed by atoms with E-state index in [2.05, 4.69) is 38.8 Å². The van der Waals surface area contributed by atoms with Gasteiger partial charge in [-0.1, -0.05) is 41.5 Å². The van der Waals surface area contributed by atoms with Crippen LogP contribution in [0.25, 0.3) is 0 Å². The van der Waals surface area contributed by atoms with E-state index in [1.165, 1.54) is 0 Å². The summed E-state index contributed by atoms with van der Waals surface area (Å²) in [5.41, 5.74) is -2.99. The van der Waals surface area contributed by atoms with Crippen LogP contribution in [-0.4, -0.2) is 83.0 Å². The van der Waals surface area contributed by atoms with E-state index in [1.807, 2.05) is 6.92 Å². The van der Waals surface area contributed by atoms with Crippen LogP contribution in [0.5, 0.6) is 0 Å². The lowest BCUT2D eigenvalue weighted by molar-refractivity contribution is -0.233. The molecule has 4 aliphatic carbocycles. The number of fused-ring (bicyclic) bond motifs is 7. The number of aliphatic hydroxyl groups is 3. The van der Waals surface area contributed by atoms with E-state index in [0.29, 0.717) is 25.2 Å². The van der Waals surface area contributed by atoms with Crippen LogP contribution >= 0.6 is 7.82 Å². The van der Waals surface area contributed by atoms with Crippen molar-refractivity contribution in [3.63, 3.8) is 0 Å². The average Bonchev–Trinajstić information content (AvgIpc) is 3.33. The van der Waals surface area contributed by atoms with Gasteiger partial charge in [0.15, 0.2) is 0 Å². The normalized spacial score (nSPS) is 51.7. The summed E-state index contributed by atoms with van der Waals surface area (Å²) in [4.78, 5) is 10.6. The fraction of sp³-hybridized carbons (Fsp3) is 1.00. The summed E-state index contributed by atoms with van der Waals surface area (Å²) in [5, 5.41) is 35.2. The van der Waals surface area contributed by atoms with Gasteiger partial charge in [-0.3, -0.25) is 13.6 Å². The summed E-state index contributed by atoms with van der Waals surface area (Å²) in [6.07, 6.45) is -1.58. The predicted molar refractivity (Wildman–Crippen MR) is 155 cm³/mol. The lowest BCUT2D eigenvalue weighted by atomic mass is 9.45. The van der Waals surface area contributed by atoms with E-state index in [1.54, 1.807) is 0 Å². The second-order valence-corrected chi connectivity index (χ2v) is 17.8. The molecule has 2 unspecified atom stereocenters. The molecule has 250 valence electrons. The molecule has 0 bridgehead atoms. The third-order valence-corrected chi connectivity index (χ3v) is 14.3. The molecule has 43 heavy (non-hydrogen) atoms. The molecule has 5 fully saturated rings. The third-order valence-electron chi connectivity index (χ3n) is 12.9. The molecule has 0 spiro atoms. The maximum atomic E-state index is 13.0. The van der Waals surface area contributed by atoms with Gasteiger partial charge in [-0.2, -0.15) is 8.42 Å². The highest BCUT2D eigenvalue weighted by Gasteiger charge is 2.74. The molecule has 1 aliphatic heterocycles. The monoisotopic (exact) mass is 654 g/mol. The Balaban J connectivity index is 1.56. The van der Waals surface area contributed by atoms with Crippen LogP contribution in [0.2, 0.25) is 0 Å². The Morgan fingerprint density at radius 1 is 1.05 bits per heavy atom. The largest absolute Gasteiger partial charge is 0.472 e. The van der Waals surface area contributed by atoms with E-state index in [4.69, 9.17) is 13.8 Å². The molecular weight excluding hydrogens is 603 g/mol. The predicted octanol–water partition coefficient (Wildman–Crippen LogP) is 3.18. The zero-order valence-corrected chi connectivity index (χ0v) is 27.9. The molecule has 14 heteroatoms. The van der Waals surface area contributed by atoms with Crippen molar-refractivity contribution in [2.75, 3.05) is 13.7 Å². The van der Waals surface area contributed by atoms with Gasteiger partial charge in [0.2, 0.25) is 0 Å². The molecule has 5 N–H and O–H groups in total. The maximum Gasteiger partial charge on any atom is 0.472 e. The molecule has 0 aromatic carbocycles. The van der Waals surface area contributed by atoms with Crippen molar-refractivity contribution in [3.8, 4) is 0 Å². The minimum atomic E-state index is -4.84. The van der Waals surface area contributed by atoms with Crippen molar-refractivity contribution in [1.82, 2.24) is 0 Å². The smallest absolute Gasteiger partial charge is 0.390 e. The number of hydrogen-bond donors (Lipinski definition) is 5. The lowest BCUT2D eigenvalue weighted by Gasteiger charge is -2.62. The molecule has 5 rings (SSSR count). The van der Waals surface area contributed by atoms with Crippen molar-refractivity contribution in [1.29, 1.82) is 0 Å². The van der Waals surface area contributed by atoms with Gasteiger partial charge in [-0.25, -0.2) is 8.75 Å². The molecule has 16 atom stereocenters. The van der Waals surface area contributed by atoms with Crippen molar-refractivity contribution < 1.29 is 55.7 Å². The first-order valence-electron chi connectivity index (χ1n) is 15.6. The topological polar surface area (TPSA) is 189 Å². The van der Waals surface area contributed by atoms with Gasteiger partial charge in [0.1, 0.15) is 0 Å². The van der Waals surface area contributed by atoms with E-state index in [0.717, 1.165) is 13.5 Å². The van der Waals surface area contributed by atoms with Crippen LogP contribution in [0.1, 0.15) is 73.6 Å². The summed E-state index contributed by atoms with van der Waals surface area (Å²) >= 11 is 0. The molecule has 12 nitrogen and oxygen atoms in total. The summed E-state index contributed by atoms with van der Waals surface area (Å²) in [5.74, 6) is -1.44. The standard InChI is InChI=1S/C29H51O12PS/c1-14(2)16(4)18-12-15(3)20-24(40-18)25(41-42(33,34)38-7)21-19-17(8-9-28(20,21)6)27(5)10-11-29(32,13-39-43(35,36)37)26(27)23(31)22(19)30/h14-26,30-32H,8-13H2,1-7H3,(H,33,34)(H,35,36,37)/t15-,16+,17+,18?,19-,20+,21-,22-,23-,24+,25+,26-,27-,28-,29-/m1/s1. The molecular formula is C29H51O12PS. The third kappa shape index (κ3) is 5.50. The van der Waals surface area contributed by atoms with E-state index < -0.39 is 83.4 Å². The van der Waals surface area contributed by atoms with Gasteiger partial charge in [-0.15, -0.1) is 0 Å². The fourth-order valence-corrected chi connectivity index (χ4v) is 11.8. The van der Waals surface area contributed by atoms with Crippen LogP contribution in [0.15, 0.2) is 0 Å². The zero-order chi connectivity index (χ0) is 32.1. The summed E-state index contributed by atoms with van der Waals surface area (Å²) in [7, 11) is -8.21. The molecule has 4 saturated carbocycles. The average molecular weight is 655 g/mol. The summed E-state index contributed by atoms with van der Waals surface area (Å²) < 4.78 is 67.2. The van der Waals surface area contributed by atoms with Crippen LogP contribution in [0, 0.1) is 58.2 Å². The Kier molecular flexibility index (Phi) is 8.91. The minimum Gasteiger partial charge on any atom is -0.390 e. The van der Waals surface area contributed by atoms with Gasteiger partial charge in [0.25, 0.3) is 0 Å². The summed E-state index contributed by atoms with van der Waals surface area (Å²) in [6, 6.07) is 0. The number of phosphoric ester groups is 1. The van der Waals surface area contributed by atoms with Gasteiger partial charge in [-0.05, 0) is 84.4 Å². The number of phosphoric acid groups is 1. The van der Waals surface area contributed by atoms with Crippen molar-refractivity contribution in [2.24, 2.45) is 58.2 Å². The molecule has 0 radical (unpaired) electrons. The van der Waals surface area contributed by atoms with Crippen LogP contribution in [0.4, 0.5) is 0 Å². The first kappa shape index (κ1) is 34.2. The Bertz CT molecular complexity index is 1220. The Hall–Kier alpha value is -0.180. The molecule has 0 aromatic rings. The Morgan fingerprint density at radius 3 is 2.28 bits per heavy atom. The molecule has 5 aliphatic rings. The molecule has 0 aromatic heterocycles. The minimum absolute atomic E-state index is 0.0329. The van der Waals surface area contributed by atoms with Gasteiger partial charge in [0.05, 0.1) is 42.7 Å². The van der Waals surface area contributed by atoms with E-state index in [9.17, 15) is 37.7 Å². The zero-order valence-electron chi connectivity index (χ0n) is 26.2. The highest BCUT2D eigenvalue weighted by Crippen LogP contribution is 2.72. The molecule has 0 amide bonds. The number of aliphatic hydroxyl groups excluding tert-OH is 2. The van der Waals surface area contributed by atoms with E-state index >= 15 is 0 Å². The van der Waals surface area contributed by atoms with Crippen LogP contribution < -0.4 is 0 Å². The fourth-order valence-electron chi connectivity index (χ4n) is 10.8.